The summed E-state index contributed by atoms with van der Waals surface area (Å²) in [6.45, 7) is 2.27. The average Bonchev–Trinajstić information content (AvgIpc) is 3.00. The zero-order valence-electron chi connectivity index (χ0n) is 12.6. The molecular weight excluding hydrogens is 288 g/mol. The lowest BCUT2D eigenvalue weighted by Gasteiger charge is -2.31. The highest BCUT2D eigenvalue weighted by Crippen LogP contribution is 2.32. The van der Waals surface area contributed by atoms with Crippen molar-refractivity contribution in [1.82, 2.24) is 4.98 Å². The molecule has 0 amide bonds. The third kappa shape index (κ3) is 2.86. The Labute approximate surface area is 135 Å². The Morgan fingerprint density at radius 1 is 0.955 bits per heavy atom. The first-order valence-corrected chi connectivity index (χ1v) is 8.84. The summed E-state index contributed by atoms with van der Waals surface area (Å²) < 4.78 is 1.30. The number of hydrogen-bond donors (Lipinski definition) is 0. The zero-order valence-corrected chi connectivity index (χ0v) is 13.4. The van der Waals surface area contributed by atoms with Gasteiger partial charge >= 0.3 is 0 Å². The Balaban J connectivity index is 1.41. The molecule has 0 saturated carbocycles. The Kier molecular flexibility index (Phi) is 3.81. The van der Waals surface area contributed by atoms with Gasteiger partial charge in [-0.2, -0.15) is 0 Å². The van der Waals surface area contributed by atoms with Crippen LogP contribution >= 0.6 is 11.3 Å². The van der Waals surface area contributed by atoms with Gasteiger partial charge in [-0.15, -0.1) is 0 Å². The van der Waals surface area contributed by atoms with Gasteiger partial charge in [-0.1, -0.05) is 53.8 Å². The fourth-order valence-electron chi connectivity index (χ4n) is 3.27. The highest BCUT2D eigenvalue weighted by molar-refractivity contribution is 7.22. The van der Waals surface area contributed by atoms with Crippen LogP contribution in [0.25, 0.3) is 10.2 Å². The normalized spacial score (nSPS) is 16.3. The van der Waals surface area contributed by atoms with Gasteiger partial charge in [0.25, 0.3) is 0 Å². The second-order valence-corrected chi connectivity index (χ2v) is 7.09. The van der Waals surface area contributed by atoms with Gasteiger partial charge in [0.15, 0.2) is 5.13 Å². The van der Waals surface area contributed by atoms with Gasteiger partial charge in [0, 0.05) is 13.1 Å². The molecule has 1 aromatic heterocycles. The van der Waals surface area contributed by atoms with Gasteiger partial charge in [0.1, 0.15) is 0 Å². The molecule has 0 spiro atoms. The van der Waals surface area contributed by atoms with Crippen molar-refractivity contribution in [2.75, 3.05) is 18.0 Å². The van der Waals surface area contributed by atoms with Crippen molar-refractivity contribution in [1.29, 1.82) is 0 Å². The summed E-state index contributed by atoms with van der Waals surface area (Å²) >= 11 is 1.82. The van der Waals surface area contributed by atoms with E-state index in [9.17, 15) is 0 Å². The summed E-state index contributed by atoms with van der Waals surface area (Å²) in [4.78, 5) is 7.25. The molecule has 4 rings (SSSR count). The largest absolute Gasteiger partial charge is 0.348 e. The van der Waals surface area contributed by atoms with E-state index in [4.69, 9.17) is 4.98 Å². The van der Waals surface area contributed by atoms with Gasteiger partial charge in [0.2, 0.25) is 0 Å². The molecule has 0 atom stereocenters. The highest BCUT2D eigenvalue weighted by atomic mass is 32.1. The van der Waals surface area contributed by atoms with Crippen LogP contribution < -0.4 is 4.90 Å². The Bertz CT molecular complexity index is 709. The third-order valence-electron chi connectivity index (χ3n) is 4.53. The van der Waals surface area contributed by atoms with Crippen molar-refractivity contribution < 1.29 is 0 Å². The van der Waals surface area contributed by atoms with Crippen LogP contribution in [0.3, 0.4) is 0 Å². The molecule has 3 aromatic rings. The Morgan fingerprint density at radius 2 is 1.68 bits per heavy atom. The van der Waals surface area contributed by atoms with E-state index in [1.165, 1.54) is 34.7 Å². The van der Waals surface area contributed by atoms with E-state index in [2.05, 4.69) is 59.5 Å². The number of nitrogens with zero attached hydrogens (tertiary/aromatic N) is 2. The molecule has 3 heteroatoms. The number of piperidine rings is 1. The second kappa shape index (κ2) is 6.09. The van der Waals surface area contributed by atoms with Crippen LogP contribution in [0, 0.1) is 5.92 Å². The lowest BCUT2D eigenvalue weighted by molar-refractivity contribution is 0.403. The van der Waals surface area contributed by atoms with Crippen molar-refractivity contribution in [3.05, 3.63) is 60.2 Å². The number of thiazole rings is 1. The van der Waals surface area contributed by atoms with Crippen LogP contribution in [0.5, 0.6) is 0 Å². The van der Waals surface area contributed by atoms with E-state index in [1.54, 1.807) is 0 Å². The number of anilines is 1. The van der Waals surface area contributed by atoms with E-state index in [1.807, 2.05) is 11.3 Å². The van der Waals surface area contributed by atoms with Crippen molar-refractivity contribution in [3.63, 3.8) is 0 Å². The molecule has 0 unspecified atom stereocenters. The molecule has 0 radical (unpaired) electrons. The first kappa shape index (κ1) is 13.8. The summed E-state index contributed by atoms with van der Waals surface area (Å²) in [6, 6.07) is 19.3. The van der Waals surface area contributed by atoms with E-state index in [-0.39, 0.29) is 0 Å². The Hall–Kier alpha value is -1.87. The molecule has 22 heavy (non-hydrogen) atoms. The summed E-state index contributed by atoms with van der Waals surface area (Å²) in [7, 11) is 0. The summed E-state index contributed by atoms with van der Waals surface area (Å²) in [5.74, 6) is 0.813. The van der Waals surface area contributed by atoms with Crippen LogP contribution in [0.15, 0.2) is 54.6 Å². The molecule has 1 fully saturated rings. The molecule has 0 N–H and O–H groups in total. The second-order valence-electron chi connectivity index (χ2n) is 6.08. The van der Waals surface area contributed by atoms with Gasteiger partial charge in [-0.25, -0.2) is 4.98 Å². The summed E-state index contributed by atoms with van der Waals surface area (Å²) in [5, 5.41) is 1.19. The van der Waals surface area contributed by atoms with Crippen LogP contribution in [0.2, 0.25) is 0 Å². The number of aromatic nitrogens is 1. The molecule has 2 aromatic carbocycles. The van der Waals surface area contributed by atoms with Gasteiger partial charge in [0.05, 0.1) is 10.2 Å². The molecule has 1 saturated heterocycles. The third-order valence-corrected chi connectivity index (χ3v) is 5.63. The molecular formula is C19H20N2S. The van der Waals surface area contributed by atoms with Gasteiger partial charge in [-0.05, 0) is 42.9 Å². The molecule has 2 heterocycles. The molecule has 0 bridgehead atoms. The minimum absolute atomic E-state index is 0.813. The summed E-state index contributed by atoms with van der Waals surface area (Å²) in [6.07, 6.45) is 3.75. The number of rotatable bonds is 3. The average molecular weight is 308 g/mol. The van der Waals surface area contributed by atoms with E-state index in [0.717, 1.165) is 24.5 Å². The Morgan fingerprint density at radius 3 is 2.45 bits per heavy atom. The molecule has 1 aliphatic rings. The maximum absolute atomic E-state index is 4.79. The SMILES string of the molecule is c1ccc(CC2CCN(c3nc4ccccc4s3)CC2)cc1. The number of para-hydroxylation sites is 1. The quantitative estimate of drug-likeness (QED) is 0.694. The first-order chi connectivity index (χ1) is 10.9. The minimum Gasteiger partial charge on any atom is -0.348 e. The van der Waals surface area contributed by atoms with Gasteiger partial charge < -0.3 is 4.90 Å². The van der Waals surface area contributed by atoms with Gasteiger partial charge in [-0.3, -0.25) is 0 Å². The van der Waals surface area contributed by atoms with Crippen molar-refractivity contribution in [2.45, 2.75) is 19.3 Å². The monoisotopic (exact) mass is 308 g/mol. The number of hydrogen-bond acceptors (Lipinski definition) is 3. The van der Waals surface area contributed by atoms with Crippen LogP contribution in [-0.2, 0) is 6.42 Å². The predicted molar refractivity (Wildman–Crippen MR) is 94.7 cm³/mol. The topological polar surface area (TPSA) is 16.1 Å². The minimum atomic E-state index is 0.813. The lowest BCUT2D eigenvalue weighted by atomic mass is 9.90. The molecule has 112 valence electrons. The highest BCUT2D eigenvalue weighted by Gasteiger charge is 2.21. The molecule has 0 aliphatic carbocycles. The molecule has 2 nitrogen and oxygen atoms in total. The van der Waals surface area contributed by atoms with E-state index >= 15 is 0 Å². The van der Waals surface area contributed by atoms with Crippen LogP contribution in [0.1, 0.15) is 18.4 Å². The van der Waals surface area contributed by atoms with Crippen molar-refractivity contribution >= 4 is 26.7 Å². The summed E-state index contributed by atoms with van der Waals surface area (Å²) in [5.41, 5.74) is 2.61. The zero-order chi connectivity index (χ0) is 14.8. The van der Waals surface area contributed by atoms with Crippen molar-refractivity contribution in [3.8, 4) is 0 Å². The van der Waals surface area contributed by atoms with Crippen molar-refractivity contribution in [2.24, 2.45) is 5.92 Å². The number of benzene rings is 2. The smallest absolute Gasteiger partial charge is 0.186 e. The lowest BCUT2D eigenvalue weighted by Crippen LogP contribution is -2.34. The standard InChI is InChI=1S/C19H20N2S/c1-2-6-15(7-3-1)14-16-10-12-21(13-11-16)19-20-17-8-4-5-9-18(17)22-19/h1-9,16H,10-14H2. The van der Waals surface area contributed by atoms with E-state index in [0.29, 0.717) is 0 Å². The maximum atomic E-state index is 4.79. The predicted octanol–water partition coefficient (Wildman–Crippen LogP) is 4.76. The fourth-order valence-corrected chi connectivity index (χ4v) is 4.29. The van der Waals surface area contributed by atoms with Crippen LogP contribution in [-0.4, -0.2) is 18.1 Å². The maximum Gasteiger partial charge on any atom is 0.186 e. The number of fused-ring (bicyclic) bond motifs is 1. The van der Waals surface area contributed by atoms with Crippen LogP contribution in [0.4, 0.5) is 5.13 Å². The van der Waals surface area contributed by atoms with E-state index < -0.39 is 0 Å². The molecule has 1 aliphatic heterocycles. The first-order valence-electron chi connectivity index (χ1n) is 8.03. The fraction of sp³-hybridized carbons (Fsp3) is 0.316.